The number of nitrogens with one attached hydrogen (secondary N) is 1. The molecule has 0 saturated carbocycles. The molecule has 0 aromatic carbocycles. The highest BCUT2D eigenvalue weighted by Crippen LogP contribution is 2.04. The Bertz CT molecular complexity index is 131. The van der Waals surface area contributed by atoms with Crippen molar-refractivity contribution in [3.8, 4) is 0 Å². The molecule has 0 aromatic heterocycles. The van der Waals surface area contributed by atoms with Crippen LogP contribution < -0.4 is 5.32 Å². The quantitative estimate of drug-likeness (QED) is 0.658. The molecule has 0 rings (SSSR count). The fourth-order valence-corrected chi connectivity index (χ4v) is 0.440. The van der Waals surface area contributed by atoms with E-state index in [2.05, 4.69) is 27.8 Å². The molecule has 1 amide bonds. The summed E-state index contributed by atoms with van der Waals surface area (Å²) in [7, 11) is 0. The Morgan fingerprint density at radius 3 is 2.33 bits per heavy atom. The molecule has 9 heavy (non-hydrogen) atoms. The fourth-order valence-electron chi connectivity index (χ4n) is 0.326. The smallest absolute Gasteiger partial charge is 0.221 e. The first-order chi connectivity index (χ1) is 4.04. The Morgan fingerprint density at radius 1 is 1.78 bits per heavy atom. The maximum atomic E-state index is 10.4. The zero-order valence-corrected chi connectivity index (χ0v) is 7.16. The van der Waals surface area contributed by atoms with Gasteiger partial charge in [0.2, 0.25) is 5.91 Å². The molecule has 0 aliphatic carbocycles. The van der Waals surface area contributed by atoms with E-state index in [0.717, 1.165) is 0 Å². The lowest BCUT2D eigenvalue weighted by atomic mass is 10.4. The molecule has 0 radical (unpaired) electrons. The molecular weight excluding hydrogens is 182 g/mol. The van der Waals surface area contributed by atoms with Gasteiger partial charge in [-0.05, 0) is 6.92 Å². The molecule has 0 aliphatic rings. The fraction of sp³-hybridized carbons (Fsp3) is 0.500. The lowest BCUT2D eigenvalue weighted by molar-refractivity contribution is -0.118. The Labute approximate surface area is 63.5 Å². The summed E-state index contributed by atoms with van der Waals surface area (Å²) < 4.78 is 0. The standard InChI is InChI=1S/C6H10BrNO/c1-4(7)5(2)8-6(3)9/h4H,2H2,1,3H3,(H,8,9). The van der Waals surface area contributed by atoms with E-state index in [9.17, 15) is 4.79 Å². The van der Waals surface area contributed by atoms with Crippen molar-refractivity contribution in [2.75, 3.05) is 0 Å². The molecular formula is C6H10BrNO. The van der Waals surface area contributed by atoms with E-state index in [1.807, 2.05) is 6.92 Å². The molecule has 52 valence electrons. The number of alkyl halides is 1. The minimum atomic E-state index is -0.0775. The number of hydrogen-bond donors (Lipinski definition) is 1. The lowest BCUT2D eigenvalue weighted by Crippen LogP contribution is -2.22. The second-order valence-electron chi connectivity index (χ2n) is 1.82. The van der Waals surface area contributed by atoms with Gasteiger partial charge in [0.15, 0.2) is 0 Å². The van der Waals surface area contributed by atoms with E-state index in [-0.39, 0.29) is 10.7 Å². The zero-order chi connectivity index (χ0) is 7.44. The molecule has 0 spiro atoms. The molecule has 2 nitrogen and oxygen atoms in total. The molecule has 1 unspecified atom stereocenters. The van der Waals surface area contributed by atoms with Gasteiger partial charge in [-0.2, -0.15) is 0 Å². The van der Waals surface area contributed by atoms with Gasteiger partial charge in [0.1, 0.15) is 0 Å². The van der Waals surface area contributed by atoms with Gasteiger partial charge in [0, 0.05) is 12.6 Å². The van der Waals surface area contributed by atoms with Gasteiger partial charge in [-0.15, -0.1) is 0 Å². The van der Waals surface area contributed by atoms with E-state index in [1.54, 1.807) is 0 Å². The first-order valence-electron chi connectivity index (χ1n) is 2.64. The van der Waals surface area contributed by atoms with E-state index in [4.69, 9.17) is 0 Å². The SMILES string of the molecule is C=C(NC(C)=O)C(C)Br. The predicted octanol–water partition coefficient (Wildman–Crippen LogP) is 1.42. The van der Waals surface area contributed by atoms with E-state index in [0.29, 0.717) is 5.70 Å². The number of carbonyl (C=O) groups excluding carboxylic acids is 1. The second-order valence-corrected chi connectivity index (χ2v) is 3.20. The van der Waals surface area contributed by atoms with Crippen molar-refractivity contribution in [2.24, 2.45) is 0 Å². The van der Waals surface area contributed by atoms with Crippen molar-refractivity contribution in [3.05, 3.63) is 12.3 Å². The van der Waals surface area contributed by atoms with Gasteiger partial charge in [0.05, 0.1) is 4.83 Å². The van der Waals surface area contributed by atoms with Crippen LogP contribution in [0.4, 0.5) is 0 Å². The molecule has 3 heteroatoms. The van der Waals surface area contributed by atoms with Gasteiger partial charge in [0.25, 0.3) is 0 Å². The first kappa shape index (κ1) is 8.69. The van der Waals surface area contributed by atoms with Crippen LogP contribution in [0.15, 0.2) is 12.3 Å². The molecule has 1 N–H and O–H groups in total. The summed E-state index contributed by atoms with van der Waals surface area (Å²) in [6.07, 6.45) is 0. The molecule has 0 aromatic rings. The first-order valence-corrected chi connectivity index (χ1v) is 3.56. The van der Waals surface area contributed by atoms with Gasteiger partial charge in [-0.1, -0.05) is 22.5 Å². The maximum Gasteiger partial charge on any atom is 0.221 e. The van der Waals surface area contributed by atoms with Crippen LogP contribution in [0, 0.1) is 0 Å². The van der Waals surface area contributed by atoms with Crippen molar-refractivity contribution in [1.82, 2.24) is 5.32 Å². The van der Waals surface area contributed by atoms with Crippen LogP contribution in [0.5, 0.6) is 0 Å². The normalized spacial score (nSPS) is 12.3. The lowest BCUT2D eigenvalue weighted by Gasteiger charge is -2.06. The van der Waals surface area contributed by atoms with Crippen LogP contribution in [0.25, 0.3) is 0 Å². The second kappa shape index (κ2) is 3.67. The van der Waals surface area contributed by atoms with Gasteiger partial charge in [-0.3, -0.25) is 4.79 Å². The summed E-state index contributed by atoms with van der Waals surface area (Å²) in [4.78, 5) is 10.5. The molecule has 0 fully saturated rings. The number of hydrogen-bond acceptors (Lipinski definition) is 1. The topological polar surface area (TPSA) is 29.1 Å². The number of allylic oxidation sites excluding steroid dienone is 1. The summed E-state index contributed by atoms with van der Waals surface area (Å²) in [6.45, 7) is 6.98. The Kier molecular flexibility index (Phi) is 3.54. The van der Waals surface area contributed by atoms with Crippen LogP contribution >= 0.6 is 15.9 Å². The number of amides is 1. The van der Waals surface area contributed by atoms with E-state index in [1.165, 1.54) is 6.92 Å². The summed E-state index contributed by atoms with van der Waals surface area (Å²) in [5, 5.41) is 2.56. The third-order valence-electron chi connectivity index (χ3n) is 0.817. The average molecular weight is 192 g/mol. The minimum Gasteiger partial charge on any atom is -0.329 e. The third kappa shape index (κ3) is 4.21. The Hall–Kier alpha value is -0.310. The van der Waals surface area contributed by atoms with Gasteiger partial charge >= 0.3 is 0 Å². The van der Waals surface area contributed by atoms with Crippen LogP contribution in [0.3, 0.4) is 0 Å². The minimum absolute atomic E-state index is 0.0775. The Morgan fingerprint density at radius 2 is 2.22 bits per heavy atom. The Balaban J connectivity index is 3.64. The highest BCUT2D eigenvalue weighted by Gasteiger charge is 2.01. The monoisotopic (exact) mass is 191 g/mol. The highest BCUT2D eigenvalue weighted by atomic mass is 79.9. The number of halogens is 1. The molecule has 0 bridgehead atoms. The van der Waals surface area contributed by atoms with E-state index < -0.39 is 0 Å². The van der Waals surface area contributed by atoms with E-state index >= 15 is 0 Å². The van der Waals surface area contributed by atoms with Gasteiger partial charge < -0.3 is 5.32 Å². The summed E-state index contributed by atoms with van der Waals surface area (Å²) >= 11 is 3.25. The summed E-state index contributed by atoms with van der Waals surface area (Å²) in [5.74, 6) is -0.0775. The van der Waals surface area contributed by atoms with Crippen molar-refractivity contribution in [2.45, 2.75) is 18.7 Å². The summed E-state index contributed by atoms with van der Waals surface area (Å²) in [5.41, 5.74) is 0.697. The molecule has 0 saturated heterocycles. The maximum absolute atomic E-state index is 10.4. The molecule has 0 aliphatic heterocycles. The van der Waals surface area contributed by atoms with Crippen LogP contribution in [0.2, 0.25) is 0 Å². The highest BCUT2D eigenvalue weighted by molar-refractivity contribution is 9.09. The summed E-state index contributed by atoms with van der Waals surface area (Å²) in [6, 6.07) is 0. The van der Waals surface area contributed by atoms with Crippen LogP contribution in [-0.2, 0) is 4.79 Å². The third-order valence-corrected chi connectivity index (χ3v) is 1.37. The molecule has 1 atom stereocenters. The van der Waals surface area contributed by atoms with Crippen molar-refractivity contribution < 1.29 is 4.79 Å². The average Bonchev–Trinajstić information content (AvgIpc) is 1.63. The zero-order valence-electron chi connectivity index (χ0n) is 5.57. The van der Waals surface area contributed by atoms with Crippen molar-refractivity contribution in [1.29, 1.82) is 0 Å². The van der Waals surface area contributed by atoms with Gasteiger partial charge in [-0.25, -0.2) is 0 Å². The molecule has 0 heterocycles. The largest absolute Gasteiger partial charge is 0.329 e. The van der Waals surface area contributed by atoms with Crippen LogP contribution in [-0.4, -0.2) is 10.7 Å². The predicted molar refractivity (Wildman–Crippen MR) is 41.3 cm³/mol. The van der Waals surface area contributed by atoms with Crippen molar-refractivity contribution >= 4 is 21.8 Å². The van der Waals surface area contributed by atoms with Crippen LogP contribution in [0.1, 0.15) is 13.8 Å². The number of carbonyl (C=O) groups is 1. The number of rotatable bonds is 2. The van der Waals surface area contributed by atoms with Crippen molar-refractivity contribution in [3.63, 3.8) is 0 Å².